The van der Waals surface area contributed by atoms with Crippen LogP contribution in [-0.4, -0.2) is 43.6 Å². The maximum absolute atomic E-state index is 12.7. The summed E-state index contributed by atoms with van der Waals surface area (Å²) < 4.78 is 26.8. The highest BCUT2D eigenvalue weighted by atomic mass is 32.2. The predicted octanol–water partition coefficient (Wildman–Crippen LogP) is 1.26. The molecule has 2 rings (SSSR count). The topological polar surface area (TPSA) is 69.6 Å². The van der Waals surface area contributed by atoms with Crippen LogP contribution in [-0.2, 0) is 10.0 Å². The zero-order valence-electron chi connectivity index (χ0n) is 11.0. The molecule has 0 radical (unpaired) electrons. The lowest BCUT2D eigenvalue weighted by Crippen LogP contribution is -2.35. The number of rotatable bonds is 7. The SMILES string of the molecule is CCNc1ccccc1S(=O)(=O)N(CCO)C1CC1. The Labute approximate surface area is 114 Å². The van der Waals surface area contributed by atoms with Crippen LogP contribution in [0.15, 0.2) is 29.2 Å². The van der Waals surface area contributed by atoms with Gasteiger partial charge in [0.25, 0.3) is 0 Å². The first-order valence-electron chi connectivity index (χ1n) is 6.57. The molecule has 1 fully saturated rings. The van der Waals surface area contributed by atoms with E-state index in [1.807, 2.05) is 13.0 Å². The average molecular weight is 284 g/mol. The highest BCUT2D eigenvalue weighted by molar-refractivity contribution is 7.89. The van der Waals surface area contributed by atoms with Crippen LogP contribution in [0.1, 0.15) is 19.8 Å². The number of para-hydroxylation sites is 1. The van der Waals surface area contributed by atoms with Gasteiger partial charge in [0.1, 0.15) is 4.90 Å². The molecule has 0 unspecified atom stereocenters. The Morgan fingerprint density at radius 2 is 2.05 bits per heavy atom. The molecule has 0 aliphatic heterocycles. The van der Waals surface area contributed by atoms with Crippen LogP contribution in [0, 0.1) is 0 Å². The third kappa shape index (κ3) is 3.08. The van der Waals surface area contributed by atoms with Gasteiger partial charge < -0.3 is 10.4 Å². The summed E-state index contributed by atoms with van der Waals surface area (Å²) in [6, 6.07) is 6.95. The second-order valence-corrected chi connectivity index (χ2v) is 6.46. The Balaban J connectivity index is 2.37. The van der Waals surface area contributed by atoms with Crippen LogP contribution >= 0.6 is 0 Å². The molecular weight excluding hydrogens is 264 g/mol. The molecule has 19 heavy (non-hydrogen) atoms. The number of benzene rings is 1. The number of nitrogens with zero attached hydrogens (tertiary/aromatic N) is 1. The van der Waals surface area contributed by atoms with E-state index in [-0.39, 0.29) is 24.1 Å². The van der Waals surface area contributed by atoms with Crippen molar-refractivity contribution in [2.45, 2.75) is 30.7 Å². The van der Waals surface area contributed by atoms with Crippen LogP contribution in [0.25, 0.3) is 0 Å². The third-order valence-corrected chi connectivity index (χ3v) is 5.13. The van der Waals surface area contributed by atoms with Gasteiger partial charge in [-0.05, 0) is 31.9 Å². The van der Waals surface area contributed by atoms with Crippen LogP contribution in [0.2, 0.25) is 0 Å². The molecule has 0 bridgehead atoms. The fraction of sp³-hybridized carbons (Fsp3) is 0.538. The van der Waals surface area contributed by atoms with Gasteiger partial charge in [0, 0.05) is 19.1 Å². The van der Waals surface area contributed by atoms with E-state index in [0.717, 1.165) is 12.8 Å². The van der Waals surface area contributed by atoms with E-state index in [0.29, 0.717) is 12.2 Å². The summed E-state index contributed by atoms with van der Waals surface area (Å²) >= 11 is 0. The van der Waals surface area contributed by atoms with E-state index in [2.05, 4.69) is 5.32 Å². The maximum atomic E-state index is 12.7. The van der Waals surface area contributed by atoms with Gasteiger partial charge >= 0.3 is 0 Å². The zero-order chi connectivity index (χ0) is 13.9. The number of nitrogens with one attached hydrogen (secondary N) is 1. The molecule has 1 aromatic rings. The predicted molar refractivity (Wildman–Crippen MR) is 74.6 cm³/mol. The van der Waals surface area contributed by atoms with E-state index in [1.165, 1.54) is 4.31 Å². The maximum Gasteiger partial charge on any atom is 0.245 e. The first-order valence-corrected chi connectivity index (χ1v) is 8.01. The van der Waals surface area contributed by atoms with Gasteiger partial charge in [0.2, 0.25) is 10.0 Å². The smallest absolute Gasteiger partial charge is 0.245 e. The Bertz CT molecular complexity index is 526. The van der Waals surface area contributed by atoms with Crippen LogP contribution in [0.4, 0.5) is 5.69 Å². The van der Waals surface area contributed by atoms with E-state index in [1.54, 1.807) is 18.2 Å². The summed E-state index contributed by atoms with van der Waals surface area (Å²) in [5.41, 5.74) is 0.619. The second-order valence-electron chi connectivity index (χ2n) is 4.60. The second kappa shape index (κ2) is 5.90. The first kappa shape index (κ1) is 14.3. The molecule has 1 saturated carbocycles. The van der Waals surface area contributed by atoms with Gasteiger partial charge in [-0.25, -0.2) is 8.42 Å². The summed E-state index contributed by atoms with van der Waals surface area (Å²) in [6.45, 7) is 2.60. The molecule has 0 heterocycles. The van der Waals surface area contributed by atoms with E-state index in [9.17, 15) is 8.42 Å². The molecule has 106 valence electrons. The lowest BCUT2D eigenvalue weighted by molar-refractivity contribution is 0.250. The summed E-state index contributed by atoms with van der Waals surface area (Å²) in [5, 5.41) is 12.1. The fourth-order valence-corrected chi connectivity index (χ4v) is 3.96. The molecule has 1 aromatic carbocycles. The summed E-state index contributed by atoms with van der Waals surface area (Å²) in [5.74, 6) is 0. The van der Waals surface area contributed by atoms with Gasteiger partial charge in [-0.1, -0.05) is 12.1 Å². The highest BCUT2D eigenvalue weighted by Crippen LogP contribution is 2.33. The number of aliphatic hydroxyl groups is 1. The van der Waals surface area contributed by atoms with Crippen LogP contribution in [0.5, 0.6) is 0 Å². The van der Waals surface area contributed by atoms with Crippen molar-refractivity contribution >= 4 is 15.7 Å². The van der Waals surface area contributed by atoms with E-state index in [4.69, 9.17) is 5.11 Å². The molecule has 0 amide bonds. The summed E-state index contributed by atoms with van der Waals surface area (Å²) in [4.78, 5) is 0.289. The molecule has 0 saturated heterocycles. The van der Waals surface area contributed by atoms with Gasteiger partial charge in [-0.15, -0.1) is 0 Å². The minimum atomic E-state index is -3.54. The van der Waals surface area contributed by atoms with Crippen LogP contribution < -0.4 is 5.32 Å². The average Bonchev–Trinajstić information content (AvgIpc) is 3.21. The largest absolute Gasteiger partial charge is 0.395 e. The molecular formula is C13H20N2O3S. The fourth-order valence-electron chi connectivity index (χ4n) is 2.11. The minimum absolute atomic E-state index is 0.0480. The number of anilines is 1. The number of aliphatic hydroxyl groups excluding tert-OH is 1. The monoisotopic (exact) mass is 284 g/mol. The van der Waals surface area contributed by atoms with Crippen molar-refractivity contribution in [2.75, 3.05) is 25.0 Å². The van der Waals surface area contributed by atoms with Gasteiger partial charge in [-0.2, -0.15) is 4.31 Å². The molecule has 6 heteroatoms. The van der Waals surface area contributed by atoms with E-state index < -0.39 is 10.0 Å². The van der Waals surface area contributed by atoms with Crippen molar-refractivity contribution in [1.29, 1.82) is 0 Å². The molecule has 1 aliphatic rings. The van der Waals surface area contributed by atoms with Crippen molar-refractivity contribution < 1.29 is 13.5 Å². The molecule has 5 nitrogen and oxygen atoms in total. The molecule has 0 atom stereocenters. The number of hydrogen-bond donors (Lipinski definition) is 2. The molecule has 0 aromatic heterocycles. The van der Waals surface area contributed by atoms with Crippen molar-refractivity contribution in [1.82, 2.24) is 4.31 Å². The number of sulfonamides is 1. The van der Waals surface area contributed by atoms with Gasteiger partial charge in [0.15, 0.2) is 0 Å². The lowest BCUT2D eigenvalue weighted by Gasteiger charge is -2.22. The standard InChI is InChI=1S/C13H20N2O3S/c1-2-14-12-5-3-4-6-13(12)19(17,18)15(9-10-16)11-7-8-11/h3-6,11,14,16H,2,7-10H2,1H3. The Hall–Kier alpha value is -1.11. The Morgan fingerprint density at radius 1 is 1.37 bits per heavy atom. The summed E-state index contributed by atoms with van der Waals surface area (Å²) in [6.07, 6.45) is 1.76. The highest BCUT2D eigenvalue weighted by Gasteiger charge is 2.38. The molecule has 2 N–H and O–H groups in total. The van der Waals surface area contributed by atoms with Gasteiger partial charge in [0.05, 0.1) is 12.3 Å². The Kier molecular flexibility index (Phi) is 4.44. The zero-order valence-corrected chi connectivity index (χ0v) is 11.9. The third-order valence-electron chi connectivity index (χ3n) is 3.12. The van der Waals surface area contributed by atoms with Crippen molar-refractivity contribution in [3.8, 4) is 0 Å². The first-order chi connectivity index (χ1) is 9.11. The van der Waals surface area contributed by atoms with Crippen molar-refractivity contribution in [3.05, 3.63) is 24.3 Å². The minimum Gasteiger partial charge on any atom is -0.395 e. The quantitative estimate of drug-likeness (QED) is 0.791. The lowest BCUT2D eigenvalue weighted by atomic mass is 10.3. The molecule has 1 aliphatic carbocycles. The van der Waals surface area contributed by atoms with Crippen molar-refractivity contribution in [2.24, 2.45) is 0 Å². The van der Waals surface area contributed by atoms with Crippen molar-refractivity contribution in [3.63, 3.8) is 0 Å². The Morgan fingerprint density at radius 3 is 2.63 bits per heavy atom. The normalized spacial score (nSPS) is 15.7. The van der Waals surface area contributed by atoms with Crippen LogP contribution in [0.3, 0.4) is 0 Å². The van der Waals surface area contributed by atoms with E-state index >= 15 is 0 Å². The molecule has 0 spiro atoms. The number of hydrogen-bond acceptors (Lipinski definition) is 4. The van der Waals surface area contributed by atoms with Gasteiger partial charge in [-0.3, -0.25) is 0 Å². The summed E-state index contributed by atoms with van der Waals surface area (Å²) in [7, 11) is -3.54.